The standard InChI is InChI=1S/C18H21N3O4/c22-16(21-11-4-3-8-14(21)18(24)25)10-5-9-15-19-13-7-2-1-6-12(13)17(23)20-15/h1-2,6-7,14H,3-5,8-11H2,(H,24,25)(H,19,20,23)/t14-/m0/s1. The maximum absolute atomic E-state index is 12.4. The molecule has 0 radical (unpaired) electrons. The highest BCUT2D eigenvalue weighted by atomic mass is 16.4. The van der Waals surface area contributed by atoms with Crippen LogP contribution in [0.5, 0.6) is 0 Å². The number of para-hydroxylation sites is 1. The SMILES string of the molecule is O=C(O)[C@@H]1CCCCN1C(=O)CCCc1nc2ccccc2c(=O)[nH]1. The van der Waals surface area contributed by atoms with Crippen molar-refractivity contribution in [3.05, 3.63) is 40.4 Å². The number of carbonyl (C=O) groups excluding carboxylic acids is 1. The Morgan fingerprint density at radius 1 is 1.28 bits per heavy atom. The van der Waals surface area contributed by atoms with Gasteiger partial charge in [0, 0.05) is 19.4 Å². The molecule has 132 valence electrons. The molecule has 0 spiro atoms. The van der Waals surface area contributed by atoms with Gasteiger partial charge in [-0.2, -0.15) is 0 Å². The van der Waals surface area contributed by atoms with E-state index in [4.69, 9.17) is 0 Å². The van der Waals surface area contributed by atoms with Crippen LogP contribution in [0.15, 0.2) is 29.1 Å². The summed E-state index contributed by atoms with van der Waals surface area (Å²) in [6.07, 6.45) is 3.43. The normalized spacial score (nSPS) is 17.6. The summed E-state index contributed by atoms with van der Waals surface area (Å²) in [5.41, 5.74) is 0.448. The largest absolute Gasteiger partial charge is 0.480 e. The lowest BCUT2D eigenvalue weighted by Crippen LogP contribution is -2.47. The van der Waals surface area contributed by atoms with Crippen molar-refractivity contribution in [3.8, 4) is 0 Å². The molecule has 7 nitrogen and oxygen atoms in total. The number of nitrogens with one attached hydrogen (secondary N) is 1. The third-order valence-electron chi connectivity index (χ3n) is 4.57. The molecule has 25 heavy (non-hydrogen) atoms. The van der Waals surface area contributed by atoms with Gasteiger partial charge in [-0.3, -0.25) is 9.59 Å². The molecule has 1 atom stereocenters. The molecule has 2 aromatic rings. The van der Waals surface area contributed by atoms with Crippen LogP contribution < -0.4 is 5.56 Å². The summed E-state index contributed by atoms with van der Waals surface area (Å²) in [5, 5.41) is 9.79. The molecule has 0 aliphatic carbocycles. The molecule has 0 bridgehead atoms. The van der Waals surface area contributed by atoms with E-state index in [2.05, 4.69) is 9.97 Å². The second-order valence-electron chi connectivity index (χ2n) is 6.32. The van der Waals surface area contributed by atoms with Gasteiger partial charge in [0.25, 0.3) is 5.56 Å². The average Bonchev–Trinajstić information content (AvgIpc) is 2.61. The Hall–Kier alpha value is -2.70. The minimum absolute atomic E-state index is 0.143. The first kappa shape index (κ1) is 17.1. The molecule has 1 fully saturated rings. The highest BCUT2D eigenvalue weighted by molar-refractivity contribution is 5.83. The summed E-state index contributed by atoms with van der Waals surface area (Å²) >= 11 is 0. The van der Waals surface area contributed by atoms with Gasteiger partial charge < -0.3 is 15.0 Å². The summed E-state index contributed by atoms with van der Waals surface area (Å²) in [4.78, 5) is 44.3. The number of carboxylic acid groups (broad SMARTS) is 1. The van der Waals surface area contributed by atoms with E-state index in [1.165, 1.54) is 4.90 Å². The van der Waals surface area contributed by atoms with Gasteiger partial charge in [0.05, 0.1) is 10.9 Å². The number of piperidine rings is 1. The predicted molar refractivity (Wildman–Crippen MR) is 92.3 cm³/mol. The second-order valence-corrected chi connectivity index (χ2v) is 6.32. The number of aromatic amines is 1. The molecule has 1 saturated heterocycles. The first-order valence-corrected chi connectivity index (χ1v) is 8.56. The van der Waals surface area contributed by atoms with Crippen molar-refractivity contribution in [2.75, 3.05) is 6.54 Å². The number of hydrogen-bond acceptors (Lipinski definition) is 4. The fourth-order valence-electron chi connectivity index (χ4n) is 3.29. The van der Waals surface area contributed by atoms with E-state index >= 15 is 0 Å². The number of carboxylic acids is 1. The van der Waals surface area contributed by atoms with Gasteiger partial charge >= 0.3 is 5.97 Å². The smallest absolute Gasteiger partial charge is 0.326 e. The monoisotopic (exact) mass is 343 g/mol. The number of aryl methyl sites for hydroxylation is 1. The number of aliphatic carboxylic acids is 1. The summed E-state index contributed by atoms with van der Waals surface area (Å²) in [6, 6.07) is 6.40. The van der Waals surface area contributed by atoms with Gasteiger partial charge in [0.15, 0.2) is 0 Å². The number of amides is 1. The van der Waals surface area contributed by atoms with Gasteiger partial charge in [0.2, 0.25) is 5.91 Å². The first-order valence-electron chi connectivity index (χ1n) is 8.56. The fraction of sp³-hybridized carbons (Fsp3) is 0.444. The summed E-state index contributed by atoms with van der Waals surface area (Å²) in [5.74, 6) is -0.534. The topological polar surface area (TPSA) is 103 Å². The maximum Gasteiger partial charge on any atom is 0.326 e. The van der Waals surface area contributed by atoms with E-state index in [0.717, 1.165) is 12.8 Å². The maximum atomic E-state index is 12.4. The highest BCUT2D eigenvalue weighted by Crippen LogP contribution is 2.19. The van der Waals surface area contributed by atoms with E-state index in [1.54, 1.807) is 18.2 Å². The Bertz CT molecular complexity index is 846. The van der Waals surface area contributed by atoms with Gasteiger partial charge in [-0.1, -0.05) is 12.1 Å². The Morgan fingerprint density at radius 3 is 2.88 bits per heavy atom. The van der Waals surface area contributed by atoms with Crippen LogP contribution in [0.4, 0.5) is 0 Å². The van der Waals surface area contributed by atoms with Gasteiger partial charge in [0.1, 0.15) is 11.9 Å². The molecule has 1 amide bonds. The number of hydrogen-bond donors (Lipinski definition) is 2. The van der Waals surface area contributed by atoms with Crippen LogP contribution in [0.3, 0.4) is 0 Å². The number of carbonyl (C=O) groups is 2. The van der Waals surface area contributed by atoms with Gasteiger partial charge in [-0.25, -0.2) is 9.78 Å². The third kappa shape index (κ3) is 3.87. The molecule has 1 aliphatic rings. The van der Waals surface area contributed by atoms with Crippen molar-refractivity contribution in [1.82, 2.24) is 14.9 Å². The number of nitrogens with zero attached hydrogens (tertiary/aromatic N) is 2. The highest BCUT2D eigenvalue weighted by Gasteiger charge is 2.31. The average molecular weight is 343 g/mol. The minimum Gasteiger partial charge on any atom is -0.480 e. The molecule has 2 heterocycles. The van der Waals surface area contributed by atoms with E-state index in [9.17, 15) is 19.5 Å². The Kier molecular flexibility index (Phi) is 5.11. The minimum atomic E-state index is -0.937. The molecule has 1 aromatic heterocycles. The molecule has 0 saturated carbocycles. The quantitative estimate of drug-likeness (QED) is 0.860. The van der Waals surface area contributed by atoms with Crippen LogP contribution in [0, 0.1) is 0 Å². The number of H-pyrrole nitrogens is 1. The van der Waals surface area contributed by atoms with E-state index in [0.29, 0.717) is 42.5 Å². The fourth-order valence-corrected chi connectivity index (χ4v) is 3.29. The van der Waals surface area contributed by atoms with Crippen molar-refractivity contribution >= 4 is 22.8 Å². The zero-order chi connectivity index (χ0) is 17.8. The van der Waals surface area contributed by atoms with Gasteiger partial charge in [-0.15, -0.1) is 0 Å². The van der Waals surface area contributed by atoms with Crippen LogP contribution >= 0.6 is 0 Å². The predicted octanol–water partition coefficient (Wildman–Crippen LogP) is 1.71. The molecular formula is C18H21N3O4. The van der Waals surface area contributed by atoms with E-state index in [-0.39, 0.29) is 17.9 Å². The summed E-state index contributed by atoms with van der Waals surface area (Å²) < 4.78 is 0. The van der Waals surface area contributed by atoms with E-state index < -0.39 is 12.0 Å². The molecule has 2 N–H and O–H groups in total. The van der Waals surface area contributed by atoms with Crippen LogP contribution in [-0.2, 0) is 16.0 Å². The Morgan fingerprint density at radius 2 is 2.08 bits per heavy atom. The Balaban J connectivity index is 1.61. The zero-order valence-electron chi connectivity index (χ0n) is 13.9. The lowest BCUT2D eigenvalue weighted by atomic mass is 10.0. The molecular weight excluding hydrogens is 322 g/mol. The number of benzene rings is 1. The lowest BCUT2D eigenvalue weighted by Gasteiger charge is -2.33. The van der Waals surface area contributed by atoms with Crippen LogP contribution in [0.1, 0.15) is 37.9 Å². The van der Waals surface area contributed by atoms with Crippen molar-refractivity contribution in [3.63, 3.8) is 0 Å². The Labute approximate surface area is 144 Å². The van der Waals surface area contributed by atoms with Crippen molar-refractivity contribution < 1.29 is 14.7 Å². The van der Waals surface area contributed by atoms with Crippen LogP contribution in [-0.4, -0.2) is 44.4 Å². The van der Waals surface area contributed by atoms with Crippen LogP contribution in [0.2, 0.25) is 0 Å². The molecule has 1 aromatic carbocycles. The first-order chi connectivity index (χ1) is 12.1. The van der Waals surface area contributed by atoms with Crippen molar-refractivity contribution in [2.24, 2.45) is 0 Å². The van der Waals surface area contributed by atoms with E-state index in [1.807, 2.05) is 6.07 Å². The number of aromatic nitrogens is 2. The number of likely N-dealkylation sites (tertiary alicyclic amines) is 1. The second kappa shape index (κ2) is 7.46. The molecule has 3 rings (SSSR count). The third-order valence-corrected chi connectivity index (χ3v) is 4.57. The molecule has 0 unspecified atom stereocenters. The molecule has 7 heteroatoms. The van der Waals surface area contributed by atoms with Gasteiger partial charge in [-0.05, 0) is 37.8 Å². The number of rotatable bonds is 5. The zero-order valence-corrected chi connectivity index (χ0v) is 13.9. The van der Waals surface area contributed by atoms with Crippen LogP contribution in [0.25, 0.3) is 10.9 Å². The summed E-state index contributed by atoms with van der Waals surface area (Å²) in [7, 11) is 0. The number of fused-ring (bicyclic) bond motifs is 1. The lowest BCUT2D eigenvalue weighted by molar-refractivity contribution is -0.152. The summed E-state index contributed by atoms with van der Waals surface area (Å²) in [6.45, 7) is 0.501. The van der Waals surface area contributed by atoms with Crippen molar-refractivity contribution in [2.45, 2.75) is 44.6 Å². The molecule has 1 aliphatic heterocycles. The van der Waals surface area contributed by atoms with Crippen molar-refractivity contribution in [1.29, 1.82) is 0 Å².